The van der Waals surface area contributed by atoms with Gasteiger partial charge in [-0.25, -0.2) is 4.79 Å². The Morgan fingerprint density at radius 3 is 2.24 bits per heavy atom. The largest absolute Gasteiger partial charge is 0.452 e. The van der Waals surface area contributed by atoms with Gasteiger partial charge in [0, 0.05) is 10.9 Å². The Kier molecular flexibility index (Phi) is 5.04. The Morgan fingerprint density at radius 1 is 1.05 bits per heavy atom. The average molecular weight is 288 g/mol. The number of carbonyl (C=O) groups excluding carboxylic acids is 2. The van der Waals surface area contributed by atoms with Crippen molar-refractivity contribution in [3.63, 3.8) is 0 Å². The topological polar surface area (TPSA) is 52.6 Å². The predicted molar refractivity (Wildman–Crippen MR) is 73.7 cm³/mol. The van der Waals surface area contributed by atoms with E-state index in [9.17, 15) is 14.1 Å². The Balaban J connectivity index is 2.11. The van der Waals surface area contributed by atoms with Gasteiger partial charge in [-0.2, -0.15) is 0 Å². The van der Waals surface area contributed by atoms with Crippen molar-refractivity contribution in [3.8, 4) is 11.1 Å². The maximum absolute atomic E-state index is 11.9. The summed E-state index contributed by atoms with van der Waals surface area (Å²) >= 11 is 0. The molecule has 2 rings (SSSR count). The zero-order chi connectivity index (χ0) is 15.1. The Labute approximate surface area is 121 Å². The first-order valence-electron chi connectivity index (χ1n) is 6.30. The lowest BCUT2D eigenvalue weighted by Crippen LogP contribution is -2.26. The lowest BCUT2D eigenvalue weighted by atomic mass is 10.0. The van der Waals surface area contributed by atoms with E-state index in [2.05, 4.69) is 9.68 Å². The Morgan fingerprint density at radius 2 is 1.67 bits per heavy atom. The second-order valence-electron chi connectivity index (χ2n) is 4.38. The van der Waals surface area contributed by atoms with E-state index in [-0.39, 0.29) is 12.9 Å². The number of halogens is 1. The van der Waals surface area contributed by atoms with Gasteiger partial charge >= 0.3 is 5.97 Å². The van der Waals surface area contributed by atoms with Gasteiger partial charge < -0.3 is 4.74 Å². The van der Waals surface area contributed by atoms with Crippen molar-refractivity contribution in [3.05, 3.63) is 60.2 Å². The van der Waals surface area contributed by atoms with E-state index >= 15 is 0 Å². The quantitative estimate of drug-likeness (QED) is 0.767. The molecule has 21 heavy (non-hydrogen) atoms. The van der Waals surface area contributed by atoms with Gasteiger partial charge in [0.2, 0.25) is 6.10 Å². The highest BCUT2D eigenvalue weighted by Crippen LogP contribution is 2.20. The van der Waals surface area contributed by atoms with Gasteiger partial charge in [-0.3, -0.25) is 9.74 Å². The number of hydrogen-bond acceptors (Lipinski definition) is 4. The fraction of sp³-hybridized carbons (Fsp3) is 0.125. The van der Waals surface area contributed by atoms with Crippen LogP contribution in [0.3, 0.4) is 0 Å². The molecule has 0 spiro atoms. The summed E-state index contributed by atoms with van der Waals surface area (Å²) in [5, 5.41) is 0. The van der Waals surface area contributed by atoms with E-state index in [1.807, 2.05) is 42.5 Å². The molecule has 0 heterocycles. The zero-order valence-electron chi connectivity index (χ0n) is 11.1. The van der Waals surface area contributed by atoms with Crippen LogP contribution in [0.1, 0.15) is 5.56 Å². The van der Waals surface area contributed by atoms with E-state index in [4.69, 9.17) is 0 Å². The van der Waals surface area contributed by atoms with Crippen molar-refractivity contribution in [1.82, 2.24) is 0 Å². The maximum atomic E-state index is 11.9. The van der Waals surface area contributed by atoms with Crippen LogP contribution in [0.25, 0.3) is 11.1 Å². The first-order chi connectivity index (χ1) is 10.2. The molecule has 0 saturated carbocycles. The molecule has 1 unspecified atom stereocenters. The smallest absolute Gasteiger partial charge is 0.389 e. The lowest BCUT2D eigenvalue weighted by Gasteiger charge is -2.11. The summed E-state index contributed by atoms with van der Waals surface area (Å²) in [6.07, 6.45) is -1.23. The molecular weight excluding hydrogens is 275 g/mol. The molecule has 2 aromatic rings. The monoisotopic (exact) mass is 288 g/mol. The first kappa shape index (κ1) is 14.7. The van der Waals surface area contributed by atoms with Gasteiger partial charge in [-0.05, 0) is 16.7 Å². The van der Waals surface area contributed by atoms with Crippen molar-refractivity contribution < 1.29 is 23.8 Å². The minimum absolute atomic E-state index is 0.0521. The molecule has 4 nitrogen and oxygen atoms in total. The van der Waals surface area contributed by atoms with Crippen LogP contribution in [0.15, 0.2) is 54.6 Å². The molecule has 0 fully saturated rings. The average Bonchev–Trinajstić information content (AvgIpc) is 2.55. The van der Waals surface area contributed by atoms with E-state index in [0.29, 0.717) is 0 Å². The highest BCUT2D eigenvalue weighted by atomic mass is 19.3. The van der Waals surface area contributed by atoms with Crippen LogP contribution in [-0.4, -0.2) is 18.5 Å². The van der Waals surface area contributed by atoms with Gasteiger partial charge in [-0.15, -0.1) is 0 Å². The molecule has 0 bridgehead atoms. The zero-order valence-corrected chi connectivity index (χ0v) is 11.1. The molecular formula is C16H13FO4. The third kappa shape index (κ3) is 3.89. The number of carbonyl (C=O) groups is 2. The summed E-state index contributed by atoms with van der Waals surface area (Å²) in [5.41, 5.74) is 2.81. The van der Waals surface area contributed by atoms with Crippen molar-refractivity contribution in [2.24, 2.45) is 0 Å². The van der Waals surface area contributed by atoms with E-state index in [0.717, 1.165) is 16.7 Å². The third-order valence-electron chi connectivity index (χ3n) is 3.04. The van der Waals surface area contributed by atoms with E-state index < -0.39 is 12.1 Å². The maximum Gasteiger partial charge on any atom is 0.389 e. The summed E-state index contributed by atoms with van der Waals surface area (Å²) in [6, 6.07) is 17.1. The highest BCUT2D eigenvalue weighted by Gasteiger charge is 2.23. The lowest BCUT2D eigenvalue weighted by molar-refractivity contribution is -0.196. The molecule has 0 N–H and O–H groups in total. The summed E-state index contributed by atoms with van der Waals surface area (Å²) in [4.78, 5) is 24.5. The summed E-state index contributed by atoms with van der Waals surface area (Å²) in [6.45, 7) is 0.0971. The fourth-order valence-electron chi connectivity index (χ4n) is 1.98. The van der Waals surface area contributed by atoms with Crippen molar-refractivity contribution in [2.75, 3.05) is 0 Å². The second-order valence-corrected chi connectivity index (χ2v) is 4.38. The number of rotatable bonds is 6. The Hall–Kier alpha value is -2.69. The fourth-order valence-corrected chi connectivity index (χ4v) is 1.98. The summed E-state index contributed by atoms with van der Waals surface area (Å²) in [5.74, 6) is -1.23. The second kappa shape index (κ2) is 7.19. The normalized spacial score (nSPS) is 11.5. The van der Waals surface area contributed by atoms with Crippen molar-refractivity contribution >= 4 is 12.4 Å². The molecule has 108 valence electrons. The molecule has 0 aliphatic carbocycles. The van der Waals surface area contributed by atoms with Crippen molar-refractivity contribution in [2.45, 2.75) is 12.5 Å². The van der Waals surface area contributed by atoms with Crippen LogP contribution in [-0.2, 0) is 25.7 Å². The number of ether oxygens (including phenoxy) is 1. The van der Waals surface area contributed by atoms with Gasteiger partial charge in [0.15, 0.2) is 0 Å². The van der Waals surface area contributed by atoms with Gasteiger partial charge in [0.1, 0.15) is 0 Å². The molecule has 0 radical (unpaired) electrons. The SMILES string of the molecule is O=COC(Cc1ccc(-c2ccccc2)cc1)C(=O)OF. The molecule has 0 saturated heterocycles. The minimum atomic E-state index is -1.28. The van der Waals surface area contributed by atoms with Crippen LogP contribution in [0.5, 0.6) is 0 Å². The summed E-state index contributed by atoms with van der Waals surface area (Å²) in [7, 11) is 0. The van der Waals surface area contributed by atoms with Gasteiger partial charge in [0.25, 0.3) is 6.47 Å². The molecule has 0 aromatic heterocycles. The molecule has 2 aromatic carbocycles. The van der Waals surface area contributed by atoms with Crippen LogP contribution in [0.4, 0.5) is 4.53 Å². The molecule has 0 aliphatic rings. The molecule has 1 atom stereocenters. The van der Waals surface area contributed by atoms with Crippen LogP contribution in [0, 0.1) is 0 Å². The van der Waals surface area contributed by atoms with Gasteiger partial charge in [-0.1, -0.05) is 54.6 Å². The van der Waals surface area contributed by atoms with Crippen LogP contribution < -0.4 is 0 Å². The van der Waals surface area contributed by atoms with Gasteiger partial charge in [0.05, 0.1) is 0 Å². The van der Waals surface area contributed by atoms with Crippen LogP contribution in [0.2, 0.25) is 0 Å². The van der Waals surface area contributed by atoms with E-state index in [1.54, 1.807) is 12.1 Å². The molecule has 0 aliphatic heterocycles. The minimum Gasteiger partial charge on any atom is -0.452 e. The number of hydrogen-bond donors (Lipinski definition) is 0. The third-order valence-corrected chi connectivity index (χ3v) is 3.04. The standard InChI is InChI=1S/C16H13FO4/c17-21-16(19)15(20-11-18)10-12-6-8-14(9-7-12)13-4-2-1-3-5-13/h1-9,11,15H,10H2. The Bertz CT molecular complexity index is 595. The molecule has 5 heteroatoms. The highest BCUT2D eigenvalue weighted by molar-refractivity contribution is 5.75. The molecule has 0 amide bonds. The summed E-state index contributed by atoms with van der Waals surface area (Å²) < 4.78 is 16.4. The predicted octanol–water partition coefficient (Wildman–Crippen LogP) is 2.87. The van der Waals surface area contributed by atoms with E-state index in [1.165, 1.54) is 0 Å². The van der Waals surface area contributed by atoms with Crippen molar-refractivity contribution in [1.29, 1.82) is 0 Å². The first-order valence-corrected chi connectivity index (χ1v) is 6.30. The van der Waals surface area contributed by atoms with Crippen LogP contribution >= 0.6 is 0 Å². The number of benzene rings is 2.